The molecule has 3 N–H and O–H groups in total. The number of benzene rings is 2. The van der Waals surface area contributed by atoms with Crippen molar-refractivity contribution in [2.45, 2.75) is 105 Å². The number of rotatable bonds is 15. The Morgan fingerprint density at radius 1 is 0.656 bits per heavy atom. The van der Waals surface area contributed by atoms with E-state index in [4.69, 9.17) is 39.8 Å². The van der Waals surface area contributed by atoms with Gasteiger partial charge in [-0.3, -0.25) is 32.8 Å². The van der Waals surface area contributed by atoms with Crippen LogP contribution in [0.15, 0.2) is 80.1 Å². The Morgan fingerprint density at radius 2 is 1.08 bits per heavy atom. The summed E-state index contributed by atoms with van der Waals surface area (Å²) in [5.41, 5.74) is 1.34. The molecular formula is C46H57BCl3N6O8. The molecule has 64 heavy (non-hydrogen) atoms. The molecule has 2 atom stereocenters. The molecule has 1 radical (unpaired) electrons. The van der Waals surface area contributed by atoms with E-state index in [9.17, 15) is 29.4 Å². The van der Waals surface area contributed by atoms with E-state index in [0.29, 0.717) is 82.7 Å². The SMILES string of the molecule is CCCCn1c(=O)c2c(C(O)CC(C)C)c(-c3ccc(Cl)cc3)ncc2n(C)c1=O.CCCCn1c(=O)c2c(C(O)CC(C)C)c(Cl)ncc2n(C)c1=O.O[B]Oc1ccc(Cl)cc1. The van der Waals surface area contributed by atoms with Gasteiger partial charge in [-0.1, -0.05) is 101 Å². The second kappa shape index (κ2) is 24.0. The number of unbranched alkanes of at least 4 members (excludes halogenated alkanes) is 2. The number of hydrogen-bond donors (Lipinski definition) is 3. The summed E-state index contributed by atoms with van der Waals surface area (Å²) in [4.78, 5) is 60.2. The van der Waals surface area contributed by atoms with Gasteiger partial charge in [0.05, 0.1) is 52.1 Å². The second-order valence-corrected chi connectivity index (χ2v) is 17.5. The third-order valence-electron chi connectivity index (χ3n) is 10.5. The molecule has 0 spiro atoms. The molecule has 0 fully saturated rings. The maximum Gasteiger partial charge on any atom is 0.569 e. The van der Waals surface area contributed by atoms with Crippen molar-refractivity contribution in [3.05, 3.63) is 129 Å². The Morgan fingerprint density at radius 3 is 1.52 bits per heavy atom. The normalized spacial score (nSPS) is 12.2. The molecule has 0 aliphatic rings. The first-order chi connectivity index (χ1) is 30.4. The Hall–Kier alpha value is -4.77. The predicted molar refractivity (Wildman–Crippen MR) is 257 cm³/mol. The minimum atomic E-state index is -0.904. The molecule has 18 heteroatoms. The molecule has 0 bridgehead atoms. The van der Waals surface area contributed by atoms with Crippen molar-refractivity contribution >= 4 is 64.3 Å². The van der Waals surface area contributed by atoms with Crippen LogP contribution in [0, 0.1) is 11.8 Å². The van der Waals surface area contributed by atoms with E-state index in [-0.39, 0.29) is 39.3 Å². The number of halogens is 3. The van der Waals surface area contributed by atoms with Gasteiger partial charge in [0.2, 0.25) is 0 Å². The fourth-order valence-electron chi connectivity index (χ4n) is 7.18. The topological polar surface area (TPSA) is 184 Å². The third kappa shape index (κ3) is 12.5. The zero-order chi connectivity index (χ0) is 47.4. The lowest BCUT2D eigenvalue weighted by Gasteiger charge is -2.20. The summed E-state index contributed by atoms with van der Waals surface area (Å²) in [7, 11) is 3.86. The highest BCUT2D eigenvalue weighted by Crippen LogP contribution is 2.35. The van der Waals surface area contributed by atoms with Gasteiger partial charge in [-0.15, -0.1) is 0 Å². The molecule has 0 saturated heterocycles. The zero-order valence-corrected chi connectivity index (χ0v) is 39.8. The van der Waals surface area contributed by atoms with Gasteiger partial charge in [0.1, 0.15) is 10.9 Å². The Bertz CT molecular complexity index is 2750. The van der Waals surface area contributed by atoms with Crippen LogP contribution in [0.25, 0.3) is 33.1 Å². The molecule has 0 aliphatic heterocycles. The highest BCUT2D eigenvalue weighted by molar-refractivity contribution is 6.31. The van der Waals surface area contributed by atoms with Crippen LogP contribution in [0.1, 0.15) is 103 Å². The standard InChI is InChI=1S/C23H28ClN3O3.C17H24ClN3O3.C6H5BClO2/c1-5-6-11-27-22(29)19-17(26(4)23(27)30)13-25-21(15-7-9-16(24)10-8-15)20(19)18(28)12-14(2)3;1-5-6-7-21-16(23)13-11(20(4)17(21)24)9-19-15(18)14(13)12(22)8-10(2)3;8-5-1-3-6(4-2-5)10-7-9/h7-10,13-14,18,28H,5-6,11-12H2,1-4H3;9-10,12,22H,5-8H2,1-4H3;1-4,9H. The fourth-order valence-corrected chi connectivity index (χ4v) is 7.70. The van der Waals surface area contributed by atoms with Crippen molar-refractivity contribution in [2.75, 3.05) is 0 Å². The van der Waals surface area contributed by atoms with Crippen LogP contribution in [0.2, 0.25) is 15.2 Å². The van der Waals surface area contributed by atoms with Crippen LogP contribution in [0.3, 0.4) is 0 Å². The third-order valence-corrected chi connectivity index (χ3v) is 11.3. The lowest BCUT2D eigenvalue weighted by molar-refractivity contribution is 0.152. The van der Waals surface area contributed by atoms with Crippen molar-refractivity contribution in [3.63, 3.8) is 0 Å². The molecule has 2 unspecified atom stereocenters. The Kier molecular flexibility index (Phi) is 19.4. The highest BCUT2D eigenvalue weighted by Gasteiger charge is 2.26. The monoisotopic (exact) mass is 937 g/mol. The maximum atomic E-state index is 13.4. The first kappa shape index (κ1) is 51.9. The molecule has 14 nitrogen and oxygen atoms in total. The summed E-state index contributed by atoms with van der Waals surface area (Å²) >= 11 is 17.8. The molecule has 4 aromatic heterocycles. The predicted octanol–water partition coefficient (Wildman–Crippen LogP) is 8.17. The molecule has 0 aliphatic carbocycles. The molecule has 0 amide bonds. The Balaban J connectivity index is 0.000000235. The van der Waals surface area contributed by atoms with E-state index in [1.165, 1.54) is 30.7 Å². The highest BCUT2D eigenvalue weighted by atomic mass is 35.5. The summed E-state index contributed by atoms with van der Waals surface area (Å²) in [6, 6.07) is 13.8. The number of pyridine rings is 2. The van der Waals surface area contributed by atoms with Crippen molar-refractivity contribution < 1.29 is 19.9 Å². The van der Waals surface area contributed by atoms with Gasteiger partial charge >= 0.3 is 19.1 Å². The largest absolute Gasteiger partial charge is 0.569 e. The molecule has 0 saturated carbocycles. The molecular weight excluding hydrogens is 882 g/mol. The van der Waals surface area contributed by atoms with Gasteiger partial charge in [-0.25, -0.2) is 14.6 Å². The lowest BCUT2D eigenvalue weighted by Crippen LogP contribution is -2.39. The summed E-state index contributed by atoms with van der Waals surface area (Å²) in [6.07, 6.45) is 5.26. The Labute approximate surface area is 388 Å². The number of nitrogens with zero attached hydrogens (tertiary/aromatic N) is 6. The van der Waals surface area contributed by atoms with Crippen LogP contribution < -0.4 is 27.2 Å². The number of aryl methyl sites for hydroxylation is 2. The summed E-state index contributed by atoms with van der Waals surface area (Å²) in [5.74, 6) is 0.997. The first-order valence-corrected chi connectivity index (χ1v) is 22.4. The van der Waals surface area contributed by atoms with Crippen LogP contribution >= 0.6 is 34.8 Å². The van der Waals surface area contributed by atoms with E-state index in [1.54, 1.807) is 50.5 Å². The van der Waals surface area contributed by atoms with E-state index in [2.05, 4.69) is 14.6 Å². The average Bonchev–Trinajstić information content (AvgIpc) is 3.25. The molecule has 343 valence electrons. The van der Waals surface area contributed by atoms with Crippen LogP contribution in [0.4, 0.5) is 0 Å². The van der Waals surface area contributed by atoms with E-state index < -0.39 is 17.8 Å². The van der Waals surface area contributed by atoms with Crippen molar-refractivity contribution in [1.29, 1.82) is 0 Å². The maximum absolute atomic E-state index is 13.4. The van der Waals surface area contributed by atoms with Gasteiger partial charge in [0.25, 0.3) is 11.1 Å². The summed E-state index contributed by atoms with van der Waals surface area (Å²) < 4.78 is 9.95. The number of aliphatic hydroxyl groups is 2. The zero-order valence-electron chi connectivity index (χ0n) is 37.5. The van der Waals surface area contributed by atoms with E-state index in [1.807, 2.05) is 53.7 Å². The molecule has 4 heterocycles. The van der Waals surface area contributed by atoms with Crippen LogP contribution in [-0.4, -0.2) is 51.2 Å². The summed E-state index contributed by atoms with van der Waals surface area (Å²) in [5, 5.41) is 31.9. The minimum Gasteiger partial charge on any atom is -0.537 e. The van der Waals surface area contributed by atoms with Crippen molar-refractivity contribution in [2.24, 2.45) is 25.9 Å². The van der Waals surface area contributed by atoms with Crippen LogP contribution in [0.5, 0.6) is 5.75 Å². The minimum absolute atomic E-state index is 0.105. The van der Waals surface area contributed by atoms with E-state index in [0.717, 1.165) is 31.2 Å². The van der Waals surface area contributed by atoms with Crippen molar-refractivity contribution in [3.8, 4) is 17.0 Å². The molecule has 2 aromatic carbocycles. The molecule has 6 aromatic rings. The fraction of sp³-hybridized carbons (Fsp3) is 0.435. The van der Waals surface area contributed by atoms with Gasteiger partial charge in [-0.05, 0) is 73.9 Å². The number of hydrogen-bond acceptors (Lipinski definition) is 10. The van der Waals surface area contributed by atoms with Gasteiger partial charge in [0, 0.05) is 53.9 Å². The van der Waals surface area contributed by atoms with Gasteiger partial charge in [-0.2, -0.15) is 0 Å². The second-order valence-electron chi connectivity index (χ2n) is 16.3. The number of fused-ring (bicyclic) bond motifs is 2. The van der Waals surface area contributed by atoms with E-state index >= 15 is 0 Å². The van der Waals surface area contributed by atoms with Gasteiger partial charge in [0.15, 0.2) is 0 Å². The lowest BCUT2D eigenvalue weighted by atomic mass is 9.93. The van der Waals surface area contributed by atoms with Crippen LogP contribution in [-0.2, 0) is 27.2 Å². The smallest absolute Gasteiger partial charge is 0.537 e. The average molecular weight is 939 g/mol. The first-order valence-electron chi connectivity index (χ1n) is 21.3. The summed E-state index contributed by atoms with van der Waals surface area (Å²) in [6.45, 7) is 12.7. The van der Waals surface area contributed by atoms with Crippen molar-refractivity contribution in [1.82, 2.24) is 28.2 Å². The number of aromatic nitrogens is 6. The molecule has 6 rings (SSSR count). The number of aliphatic hydroxyl groups excluding tert-OH is 2. The van der Waals surface area contributed by atoms with Gasteiger partial charge < -0.3 is 19.9 Å². The quantitative estimate of drug-likeness (QED) is 0.0671.